The number of rotatable bonds is 1. The molecule has 0 saturated carbocycles. The molecule has 0 fully saturated rings. The number of amidine groups is 1. The summed E-state index contributed by atoms with van der Waals surface area (Å²) in [5.74, 6) is 0.407. The molecule has 1 N–H and O–H groups in total. The van der Waals surface area contributed by atoms with Crippen molar-refractivity contribution in [2.45, 2.75) is 6.92 Å². The molecule has 0 atom stereocenters. The van der Waals surface area contributed by atoms with Gasteiger partial charge in [-0.3, -0.25) is 14.8 Å². The first kappa shape index (κ1) is 9.38. The SMILES string of the molecule is CN=C(C)NC(=O)c1cccnc1. The third kappa shape index (κ3) is 2.66. The Kier molecular flexibility index (Phi) is 3.14. The summed E-state index contributed by atoms with van der Waals surface area (Å²) in [6.07, 6.45) is 3.13. The number of nitrogens with zero attached hydrogens (tertiary/aromatic N) is 2. The lowest BCUT2D eigenvalue weighted by Crippen LogP contribution is -2.28. The van der Waals surface area contributed by atoms with Crippen LogP contribution < -0.4 is 5.32 Å². The maximum Gasteiger partial charge on any atom is 0.258 e. The van der Waals surface area contributed by atoms with Gasteiger partial charge < -0.3 is 5.32 Å². The first-order valence-electron chi connectivity index (χ1n) is 3.89. The molecule has 0 bridgehead atoms. The van der Waals surface area contributed by atoms with Gasteiger partial charge >= 0.3 is 0 Å². The molecule has 1 heterocycles. The largest absolute Gasteiger partial charge is 0.311 e. The Hall–Kier alpha value is -1.71. The molecule has 13 heavy (non-hydrogen) atoms. The number of carbonyl (C=O) groups excluding carboxylic acids is 1. The number of aliphatic imine (C=N–C) groups is 1. The quantitative estimate of drug-likeness (QED) is 0.511. The lowest BCUT2D eigenvalue weighted by Gasteiger charge is -2.02. The van der Waals surface area contributed by atoms with E-state index in [1.54, 1.807) is 32.3 Å². The summed E-state index contributed by atoms with van der Waals surface area (Å²) in [4.78, 5) is 19.0. The van der Waals surface area contributed by atoms with Gasteiger partial charge in [-0.05, 0) is 19.1 Å². The van der Waals surface area contributed by atoms with Crippen LogP contribution in [-0.4, -0.2) is 23.8 Å². The van der Waals surface area contributed by atoms with Crippen molar-refractivity contribution in [2.75, 3.05) is 7.05 Å². The van der Waals surface area contributed by atoms with Crippen LogP contribution in [0.2, 0.25) is 0 Å². The highest BCUT2D eigenvalue weighted by Gasteiger charge is 2.04. The van der Waals surface area contributed by atoms with E-state index in [9.17, 15) is 4.79 Å². The fourth-order valence-electron chi connectivity index (χ4n) is 0.789. The number of hydrogen-bond donors (Lipinski definition) is 1. The zero-order valence-electron chi connectivity index (χ0n) is 7.61. The standard InChI is InChI=1S/C9H11N3O/c1-7(10-2)12-9(13)8-4-3-5-11-6-8/h3-6H,1-2H3,(H,10,12,13). The van der Waals surface area contributed by atoms with Crippen LogP contribution >= 0.6 is 0 Å². The molecule has 1 aromatic heterocycles. The van der Waals surface area contributed by atoms with Gasteiger partial charge in [0.15, 0.2) is 0 Å². The predicted molar refractivity (Wildman–Crippen MR) is 50.7 cm³/mol. The third-order valence-electron chi connectivity index (χ3n) is 1.55. The van der Waals surface area contributed by atoms with Crippen molar-refractivity contribution in [3.8, 4) is 0 Å². The number of amides is 1. The third-order valence-corrected chi connectivity index (χ3v) is 1.55. The minimum atomic E-state index is -0.184. The second-order valence-corrected chi connectivity index (χ2v) is 2.50. The Labute approximate surface area is 76.7 Å². The topological polar surface area (TPSA) is 54.4 Å². The van der Waals surface area contributed by atoms with Crippen molar-refractivity contribution in [1.82, 2.24) is 10.3 Å². The Bertz CT molecular complexity index is 319. The second-order valence-electron chi connectivity index (χ2n) is 2.50. The summed E-state index contributed by atoms with van der Waals surface area (Å²) >= 11 is 0. The molecule has 68 valence electrons. The Morgan fingerprint density at radius 3 is 2.92 bits per heavy atom. The Balaban J connectivity index is 2.70. The highest BCUT2D eigenvalue weighted by atomic mass is 16.1. The number of aromatic nitrogens is 1. The van der Waals surface area contributed by atoms with Crippen LogP contribution in [0.15, 0.2) is 29.5 Å². The van der Waals surface area contributed by atoms with Gasteiger partial charge in [-0.15, -0.1) is 0 Å². The van der Waals surface area contributed by atoms with Crippen LogP contribution in [0.25, 0.3) is 0 Å². The van der Waals surface area contributed by atoms with Gasteiger partial charge in [-0.1, -0.05) is 0 Å². The van der Waals surface area contributed by atoms with Gasteiger partial charge in [0.1, 0.15) is 0 Å². The number of pyridine rings is 1. The molecule has 1 aromatic rings. The molecule has 0 aliphatic carbocycles. The van der Waals surface area contributed by atoms with E-state index < -0.39 is 0 Å². The van der Waals surface area contributed by atoms with Crippen LogP contribution in [0, 0.1) is 0 Å². The monoisotopic (exact) mass is 177 g/mol. The zero-order chi connectivity index (χ0) is 9.68. The smallest absolute Gasteiger partial charge is 0.258 e. The lowest BCUT2D eigenvalue weighted by molar-refractivity contribution is 0.0976. The van der Waals surface area contributed by atoms with Gasteiger partial charge in [0.25, 0.3) is 5.91 Å². The average Bonchev–Trinajstić information content (AvgIpc) is 2.19. The van der Waals surface area contributed by atoms with E-state index in [-0.39, 0.29) is 5.91 Å². The minimum Gasteiger partial charge on any atom is -0.311 e. The highest BCUT2D eigenvalue weighted by molar-refractivity contribution is 6.05. The molecule has 4 heteroatoms. The fraction of sp³-hybridized carbons (Fsp3) is 0.222. The highest BCUT2D eigenvalue weighted by Crippen LogP contribution is 1.94. The predicted octanol–water partition coefficient (Wildman–Crippen LogP) is 0.860. The van der Waals surface area contributed by atoms with E-state index in [1.807, 2.05) is 0 Å². The van der Waals surface area contributed by atoms with Crippen molar-refractivity contribution >= 4 is 11.7 Å². The van der Waals surface area contributed by atoms with Crippen LogP contribution in [-0.2, 0) is 0 Å². The summed E-state index contributed by atoms with van der Waals surface area (Å²) in [5.41, 5.74) is 0.533. The van der Waals surface area contributed by atoms with Crippen molar-refractivity contribution in [3.05, 3.63) is 30.1 Å². The van der Waals surface area contributed by atoms with Gasteiger partial charge in [0, 0.05) is 19.4 Å². The van der Waals surface area contributed by atoms with E-state index >= 15 is 0 Å². The van der Waals surface area contributed by atoms with E-state index in [4.69, 9.17) is 0 Å². The van der Waals surface area contributed by atoms with Crippen molar-refractivity contribution in [3.63, 3.8) is 0 Å². The molecule has 0 aromatic carbocycles. The van der Waals surface area contributed by atoms with E-state index in [0.29, 0.717) is 11.4 Å². The van der Waals surface area contributed by atoms with Crippen LogP contribution in [0.3, 0.4) is 0 Å². The summed E-state index contributed by atoms with van der Waals surface area (Å²) in [6.45, 7) is 1.73. The number of nitrogens with one attached hydrogen (secondary N) is 1. The van der Waals surface area contributed by atoms with Gasteiger partial charge in [0.2, 0.25) is 0 Å². The zero-order valence-corrected chi connectivity index (χ0v) is 7.61. The normalized spacial score (nSPS) is 11.1. The van der Waals surface area contributed by atoms with E-state index in [1.165, 1.54) is 6.20 Å². The molecule has 0 aliphatic heterocycles. The minimum absolute atomic E-state index is 0.184. The summed E-state index contributed by atoms with van der Waals surface area (Å²) in [5, 5.41) is 2.62. The number of hydrogen-bond acceptors (Lipinski definition) is 3. The molecule has 4 nitrogen and oxygen atoms in total. The second kappa shape index (κ2) is 4.35. The maximum atomic E-state index is 11.4. The van der Waals surface area contributed by atoms with Crippen molar-refractivity contribution in [1.29, 1.82) is 0 Å². The maximum absolute atomic E-state index is 11.4. The molecule has 0 aliphatic rings. The van der Waals surface area contributed by atoms with Crippen LogP contribution in [0.1, 0.15) is 17.3 Å². The summed E-state index contributed by atoms with van der Waals surface area (Å²) in [6, 6.07) is 3.42. The molecule has 1 rings (SSSR count). The summed E-state index contributed by atoms with van der Waals surface area (Å²) < 4.78 is 0. The first-order valence-corrected chi connectivity index (χ1v) is 3.89. The molecule has 0 saturated heterocycles. The molecular formula is C9H11N3O. The molecule has 1 amide bonds. The molecule has 0 radical (unpaired) electrons. The van der Waals surface area contributed by atoms with Crippen LogP contribution in [0.4, 0.5) is 0 Å². The lowest BCUT2D eigenvalue weighted by atomic mass is 10.3. The molecule has 0 unspecified atom stereocenters. The summed E-state index contributed by atoms with van der Waals surface area (Å²) in [7, 11) is 1.62. The van der Waals surface area contributed by atoms with E-state index in [0.717, 1.165) is 0 Å². The Morgan fingerprint density at radius 1 is 1.62 bits per heavy atom. The van der Waals surface area contributed by atoms with Crippen molar-refractivity contribution in [2.24, 2.45) is 4.99 Å². The first-order chi connectivity index (χ1) is 6.24. The molecular weight excluding hydrogens is 166 g/mol. The van der Waals surface area contributed by atoms with E-state index in [2.05, 4.69) is 15.3 Å². The Morgan fingerprint density at radius 2 is 2.38 bits per heavy atom. The average molecular weight is 177 g/mol. The van der Waals surface area contributed by atoms with Gasteiger partial charge in [-0.2, -0.15) is 0 Å². The fourth-order valence-corrected chi connectivity index (χ4v) is 0.789. The molecule has 0 spiro atoms. The van der Waals surface area contributed by atoms with Crippen LogP contribution in [0.5, 0.6) is 0 Å². The van der Waals surface area contributed by atoms with Gasteiger partial charge in [0.05, 0.1) is 11.4 Å². The van der Waals surface area contributed by atoms with Crippen molar-refractivity contribution < 1.29 is 4.79 Å². The number of carbonyl (C=O) groups is 1. The van der Waals surface area contributed by atoms with Gasteiger partial charge in [-0.25, -0.2) is 0 Å².